The van der Waals surface area contributed by atoms with Crippen molar-refractivity contribution in [2.45, 2.75) is 12.8 Å². The lowest BCUT2D eigenvalue weighted by molar-refractivity contribution is -0.274. The highest BCUT2D eigenvalue weighted by Gasteiger charge is 2.31. The first-order valence-electron chi connectivity index (χ1n) is 5.05. The summed E-state index contributed by atoms with van der Waals surface area (Å²) >= 11 is 1.52. The standard InChI is InChI=1S/C11H12F3NO2S/c1-18-6-5-10(16)15-8-3-2-4-9(7-8)17-11(12,13)14/h2-4,7H,5-6H2,1H3,(H,15,16). The Morgan fingerprint density at radius 2 is 2.17 bits per heavy atom. The number of thioether (sulfide) groups is 1. The summed E-state index contributed by atoms with van der Waals surface area (Å²) < 4.78 is 39.7. The molecule has 0 spiro atoms. The third kappa shape index (κ3) is 5.81. The van der Waals surface area contributed by atoms with Crippen LogP contribution in [0.3, 0.4) is 0 Å². The van der Waals surface area contributed by atoms with E-state index in [0.29, 0.717) is 12.2 Å². The molecule has 0 bridgehead atoms. The van der Waals surface area contributed by atoms with E-state index >= 15 is 0 Å². The van der Waals surface area contributed by atoms with Gasteiger partial charge in [0.15, 0.2) is 0 Å². The summed E-state index contributed by atoms with van der Waals surface area (Å²) in [5, 5.41) is 2.50. The van der Waals surface area contributed by atoms with E-state index in [-0.39, 0.29) is 17.3 Å². The van der Waals surface area contributed by atoms with Crippen LogP contribution in [0.25, 0.3) is 0 Å². The number of carbonyl (C=O) groups is 1. The number of amides is 1. The molecule has 0 aliphatic rings. The van der Waals surface area contributed by atoms with Gasteiger partial charge in [-0.15, -0.1) is 13.2 Å². The zero-order valence-electron chi connectivity index (χ0n) is 9.58. The van der Waals surface area contributed by atoms with Crippen molar-refractivity contribution in [1.29, 1.82) is 0 Å². The van der Waals surface area contributed by atoms with Crippen LogP contribution in [0.4, 0.5) is 18.9 Å². The van der Waals surface area contributed by atoms with Crippen LogP contribution in [0, 0.1) is 0 Å². The largest absolute Gasteiger partial charge is 0.573 e. The fourth-order valence-corrected chi connectivity index (χ4v) is 1.58. The summed E-state index contributed by atoms with van der Waals surface area (Å²) in [5.74, 6) is 0.0589. The fraction of sp³-hybridized carbons (Fsp3) is 0.364. The molecule has 0 aliphatic carbocycles. The molecule has 0 unspecified atom stereocenters. The second-order valence-electron chi connectivity index (χ2n) is 3.37. The lowest BCUT2D eigenvalue weighted by atomic mass is 10.3. The van der Waals surface area contributed by atoms with E-state index in [1.165, 1.54) is 30.0 Å². The minimum absolute atomic E-state index is 0.242. The lowest BCUT2D eigenvalue weighted by Crippen LogP contribution is -2.17. The van der Waals surface area contributed by atoms with Gasteiger partial charge in [0.05, 0.1) is 0 Å². The van der Waals surface area contributed by atoms with Gasteiger partial charge >= 0.3 is 6.36 Å². The molecule has 18 heavy (non-hydrogen) atoms. The molecule has 0 saturated carbocycles. The molecule has 3 nitrogen and oxygen atoms in total. The number of benzene rings is 1. The Bertz CT molecular complexity index is 410. The second kappa shape index (κ2) is 6.53. The van der Waals surface area contributed by atoms with Gasteiger partial charge in [0.1, 0.15) is 5.75 Å². The number of halogens is 3. The number of hydrogen-bond donors (Lipinski definition) is 1. The summed E-state index contributed by atoms with van der Waals surface area (Å²) in [6, 6.07) is 5.18. The third-order valence-electron chi connectivity index (χ3n) is 1.88. The van der Waals surface area contributed by atoms with E-state index in [2.05, 4.69) is 10.1 Å². The topological polar surface area (TPSA) is 38.3 Å². The van der Waals surface area contributed by atoms with E-state index in [1.807, 2.05) is 6.26 Å². The van der Waals surface area contributed by atoms with Crippen molar-refractivity contribution < 1.29 is 22.7 Å². The first-order chi connectivity index (χ1) is 8.40. The van der Waals surface area contributed by atoms with Crippen LogP contribution in [0.1, 0.15) is 6.42 Å². The molecule has 1 N–H and O–H groups in total. The molecule has 1 amide bonds. The van der Waals surface area contributed by atoms with Crippen molar-refractivity contribution in [2.24, 2.45) is 0 Å². The van der Waals surface area contributed by atoms with Crippen LogP contribution in [-0.4, -0.2) is 24.3 Å². The quantitative estimate of drug-likeness (QED) is 0.899. The Balaban J connectivity index is 2.62. The summed E-state index contributed by atoms with van der Waals surface area (Å²) in [4.78, 5) is 11.4. The Morgan fingerprint density at radius 3 is 2.78 bits per heavy atom. The molecule has 7 heteroatoms. The van der Waals surface area contributed by atoms with Crippen molar-refractivity contribution >= 4 is 23.4 Å². The van der Waals surface area contributed by atoms with Crippen molar-refractivity contribution in [3.63, 3.8) is 0 Å². The number of carbonyl (C=O) groups excluding carboxylic acids is 1. The molecule has 0 fully saturated rings. The Kier molecular flexibility index (Phi) is 5.33. The van der Waals surface area contributed by atoms with Gasteiger partial charge in [0.2, 0.25) is 5.91 Å². The highest BCUT2D eigenvalue weighted by Crippen LogP contribution is 2.25. The van der Waals surface area contributed by atoms with E-state index < -0.39 is 6.36 Å². The molecule has 0 aliphatic heterocycles. The molecule has 0 aromatic heterocycles. The van der Waals surface area contributed by atoms with Gasteiger partial charge in [-0.05, 0) is 18.4 Å². The SMILES string of the molecule is CSCCC(=O)Nc1cccc(OC(F)(F)F)c1. The number of nitrogens with one attached hydrogen (secondary N) is 1. The van der Waals surface area contributed by atoms with Gasteiger partial charge in [-0.3, -0.25) is 4.79 Å². The molecule has 0 atom stereocenters. The lowest BCUT2D eigenvalue weighted by Gasteiger charge is -2.10. The van der Waals surface area contributed by atoms with Gasteiger partial charge in [-0.2, -0.15) is 11.8 Å². The molecule has 100 valence electrons. The molecule has 1 rings (SSSR count). The van der Waals surface area contributed by atoms with Crippen LogP contribution < -0.4 is 10.1 Å². The fourth-order valence-electron chi connectivity index (χ4n) is 1.19. The normalized spacial score (nSPS) is 11.1. The second-order valence-corrected chi connectivity index (χ2v) is 4.35. The van der Waals surface area contributed by atoms with Gasteiger partial charge in [-0.25, -0.2) is 0 Å². The zero-order chi connectivity index (χ0) is 13.6. The van der Waals surface area contributed by atoms with Crippen LogP contribution >= 0.6 is 11.8 Å². The predicted octanol–water partition coefficient (Wildman–Crippen LogP) is 3.28. The maximum absolute atomic E-state index is 12.0. The van der Waals surface area contributed by atoms with E-state index in [0.717, 1.165) is 6.07 Å². The Hall–Kier alpha value is -1.37. The average Bonchev–Trinajstić information content (AvgIpc) is 2.24. The van der Waals surface area contributed by atoms with Crippen LogP contribution in [-0.2, 0) is 4.79 Å². The molecule has 1 aromatic carbocycles. The van der Waals surface area contributed by atoms with Gasteiger partial charge in [0.25, 0.3) is 0 Å². The van der Waals surface area contributed by atoms with Crippen LogP contribution in [0.5, 0.6) is 5.75 Å². The predicted molar refractivity (Wildman–Crippen MR) is 64.8 cm³/mol. The first kappa shape index (κ1) is 14.7. The Morgan fingerprint density at radius 1 is 1.44 bits per heavy atom. The van der Waals surface area contributed by atoms with Crippen LogP contribution in [0.2, 0.25) is 0 Å². The van der Waals surface area contributed by atoms with Gasteiger partial charge in [-0.1, -0.05) is 6.07 Å². The Labute approximate surface area is 107 Å². The summed E-state index contributed by atoms with van der Waals surface area (Å²) in [6.45, 7) is 0. The number of rotatable bonds is 5. The summed E-state index contributed by atoms with van der Waals surface area (Å²) in [7, 11) is 0. The molecule has 0 saturated heterocycles. The molecule has 0 radical (unpaired) electrons. The zero-order valence-corrected chi connectivity index (χ0v) is 10.4. The minimum atomic E-state index is -4.73. The number of ether oxygens (including phenoxy) is 1. The minimum Gasteiger partial charge on any atom is -0.406 e. The van der Waals surface area contributed by atoms with Crippen molar-refractivity contribution in [1.82, 2.24) is 0 Å². The van der Waals surface area contributed by atoms with E-state index in [1.54, 1.807) is 0 Å². The first-order valence-corrected chi connectivity index (χ1v) is 6.45. The number of hydrogen-bond acceptors (Lipinski definition) is 3. The summed E-state index contributed by atoms with van der Waals surface area (Å²) in [6.07, 6.45) is -2.56. The highest BCUT2D eigenvalue weighted by molar-refractivity contribution is 7.98. The maximum atomic E-state index is 12.0. The molecular weight excluding hydrogens is 267 g/mol. The van der Waals surface area contributed by atoms with Gasteiger partial charge in [0, 0.05) is 23.9 Å². The number of anilines is 1. The average molecular weight is 279 g/mol. The van der Waals surface area contributed by atoms with Crippen molar-refractivity contribution in [3.8, 4) is 5.75 Å². The molecular formula is C11H12F3NO2S. The van der Waals surface area contributed by atoms with E-state index in [4.69, 9.17) is 0 Å². The molecule has 1 aromatic rings. The highest BCUT2D eigenvalue weighted by atomic mass is 32.2. The van der Waals surface area contributed by atoms with Crippen molar-refractivity contribution in [2.75, 3.05) is 17.3 Å². The third-order valence-corrected chi connectivity index (χ3v) is 2.50. The summed E-state index contributed by atoms with van der Waals surface area (Å²) in [5.41, 5.74) is 0.280. The van der Waals surface area contributed by atoms with Crippen molar-refractivity contribution in [3.05, 3.63) is 24.3 Å². The monoisotopic (exact) mass is 279 g/mol. The van der Waals surface area contributed by atoms with Gasteiger partial charge < -0.3 is 10.1 Å². The maximum Gasteiger partial charge on any atom is 0.573 e. The smallest absolute Gasteiger partial charge is 0.406 e. The number of alkyl halides is 3. The molecule has 0 heterocycles. The van der Waals surface area contributed by atoms with E-state index in [9.17, 15) is 18.0 Å². The van der Waals surface area contributed by atoms with Crippen LogP contribution in [0.15, 0.2) is 24.3 Å².